The molecule has 0 aliphatic carbocycles. The van der Waals surface area contributed by atoms with E-state index in [-0.39, 0.29) is 0 Å². The second-order valence-corrected chi connectivity index (χ2v) is 7.20. The van der Waals surface area contributed by atoms with E-state index in [0.29, 0.717) is 0 Å². The Morgan fingerprint density at radius 3 is 2.37 bits per heavy atom. The molecule has 6 atom stereocenters. The number of hydrogen-bond donors (Lipinski definition) is 0. The van der Waals surface area contributed by atoms with Crippen molar-refractivity contribution in [1.29, 1.82) is 0 Å². The number of nitrogens with zero attached hydrogens (tertiary/aromatic N) is 1. The van der Waals surface area contributed by atoms with Crippen molar-refractivity contribution >= 4 is 0 Å². The van der Waals surface area contributed by atoms with Gasteiger partial charge in [0.25, 0.3) is 0 Å². The average molecular weight is 261 g/mol. The molecule has 0 aromatic heterocycles. The van der Waals surface area contributed by atoms with Crippen LogP contribution < -0.4 is 0 Å². The van der Waals surface area contributed by atoms with Crippen molar-refractivity contribution in [3.05, 3.63) is 12.7 Å². The molecule has 0 spiro atoms. The van der Waals surface area contributed by atoms with Crippen molar-refractivity contribution in [1.82, 2.24) is 4.90 Å². The van der Waals surface area contributed by atoms with Crippen LogP contribution in [0.15, 0.2) is 12.7 Å². The highest BCUT2D eigenvalue weighted by molar-refractivity contribution is 5.08. The van der Waals surface area contributed by atoms with Gasteiger partial charge in [-0.3, -0.25) is 4.90 Å². The van der Waals surface area contributed by atoms with Crippen LogP contribution >= 0.6 is 0 Å². The van der Waals surface area contributed by atoms with Crippen LogP contribution in [0.4, 0.5) is 0 Å². The van der Waals surface area contributed by atoms with Crippen molar-refractivity contribution in [3.63, 3.8) is 0 Å². The lowest BCUT2D eigenvalue weighted by Crippen LogP contribution is -2.50. The Bertz CT molecular complexity index is 324. The van der Waals surface area contributed by atoms with Gasteiger partial charge < -0.3 is 0 Å². The van der Waals surface area contributed by atoms with Gasteiger partial charge in [0.05, 0.1) is 0 Å². The van der Waals surface area contributed by atoms with Gasteiger partial charge in [-0.25, -0.2) is 0 Å². The summed E-state index contributed by atoms with van der Waals surface area (Å²) in [6.45, 7) is 8.77. The highest BCUT2D eigenvalue weighted by Crippen LogP contribution is 2.52. The first-order valence-corrected chi connectivity index (χ1v) is 8.68. The lowest BCUT2D eigenvalue weighted by molar-refractivity contribution is 0.0270. The van der Waals surface area contributed by atoms with Crippen LogP contribution in [0.5, 0.6) is 0 Å². The van der Waals surface area contributed by atoms with Gasteiger partial charge >= 0.3 is 0 Å². The summed E-state index contributed by atoms with van der Waals surface area (Å²) in [5.41, 5.74) is 0. The van der Waals surface area contributed by atoms with Crippen LogP contribution in [0, 0.1) is 17.8 Å². The van der Waals surface area contributed by atoms with E-state index in [1.54, 1.807) is 0 Å². The lowest BCUT2D eigenvalue weighted by atomic mass is 9.74. The van der Waals surface area contributed by atoms with Crippen molar-refractivity contribution in [2.24, 2.45) is 17.8 Å². The van der Waals surface area contributed by atoms with E-state index in [1.807, 2.05) is 0 Å². The Hall–Kier alpha value is -0.300. The summed E-state index contributed by atoms with van der Waals surface area (Å²) >= 11 is 0. The maximum Gasteiger partial charge on any atom is 0.0134 e. The Balaban J connectivity index is 1.82. The molecule has 3 fully saturated rings. The lowest BCUT2D eigenvalue weighted by Gasteiger charge is -2.46. The van der Waals surface area contributed by atoms with Gasteiger partial charge in [-0.05, 0) is 56.3 Å². The number of allylic oxidation sites excluding steroid dienone is 1. The highest BCUT2D eigenvalue weighted by atomic mass is 15.3. The van der Waals surface area contributed by atoms with Crippen molar-refractivity contribution in [3.8, 4) is 0 Å². The Morgan fingerprint density at radius 1 is 1.00 bits per heavy atom. The fourth-order valence-corrected chi connectivity index (χ4v) is 5.65. The maximum absolute atomic E-state index is 3.99. The normalized spacial score (nSPS) is 45.4. The summed E-state index contributed by atoms with van der Waals surface area (Å²) < 4.78 is 0. The second kappa shape index (κ2) is 5.60. The molecule has 0 amide bonds. The fourth-order valence-electron chi connectivity index (χ4n) is 5.65. The van der Waals surface area contributed by atoms with Gasteiger partial charge in [0.2, 0.25) is 0 Å². The third-order valence-corrected chi connectivity index (χ3v) is 6.34. The smallest absolute Gasteiger partial charge is 0.0134 e. The minimum absolute atomic E-state index is 0.904. The van der Waals surface area contributed by atoms with Crippen LogP contribution in [-0.2, 0) is 0 Å². The van der Waals surface area contributed by atoms with Gasteiger partial charge in [-0.1, -0.05) is 32.8 Å². The summed E-state index contributed by atoms with van der Waals surface area (Å²) in [6, 6.07) is 2.76. The third-order valence-electron chi connectivity index (χ3n) is 6.34. The van der Waals surface area contributed by atoms with Gasteiger partial charge in [0.1, 0.15) is 0 Å². The van der Waals surface area contributed by atoms with E-state index < -0.39 is 0 Å². The monoisotopic (exact) mass is 261 g/mol. The minimum atomic E-state index is 0.904. The van der Waals surface area contributed by atoms with Crippen LogP contribution in [-0.4, -0.2) is 23.0 Å². The van der Waals surface area contributed by atoms with Gasteiger partial charge in [0.15, 0.2) is 0 Å². The molecule has 3 saturated heterocycles. The van der Waals surface area contributed by atoms with E-state index in [4.69, 9.17) is 0 Å². The molecule has 108 valence electrons. The predicted octanol–water partition coefficient (Wildman–Crippen LogP) is 4.63. The summed E-state index contributed by atoms with van der Waals surface area (Å²) in [5.74, 6) is 2.89. The molecule has 0 aromatic carbocycles. The Labute approximate surface area is 119 Å². The average Bonchev–Trinajstić information content (AvgIpc) is 2.98. The first-order chi connectivity index (χ1) is 9.30. The van der Waals surface area contributed by atoms with E-state index in [9.17, 15) is 0 Å². The molecular formula is C18H31N. The Morgan fingerprint density at radius 2 is 1.74 bits per heavy atom. The summed E-state index contributed by atoms with van der Waals surface area (Å²) in [5, 5.41) is 0. The molecule has 0 bridgehead atoms. The van der Waals surface area contributed by atoms with E-state index in [1.165, 1.54) is 51.4 Å². The highest BCUT2D eigenvalue weighted by Gasteiger charge is 2.54. The van der Waals surface area contributed by atoms with Crippen LogP contribution in [0.25, 0.3) is 0 Å². The molecule has 3 heterocycles. The molecule has 1 heteroatoms. The van der Waals surface area contributed by atoms with Gasteiger partial charge in [0, 0.05) is 18.1 Å². The van der Waals surface area contributed by atoms with Gasteiger partial charge in [-0.15, -0.1) is 6.58 Å². The molecule has 1 nitrogen and oxygen atoms in total. The van der Waals surface area contributed by atoms with Crippen LogP contribution in [0.3, 0.4) is 0 Å². The molecule has 0 aromatic rings. The standard InChI is InChI=1S/C18H31N/c1-4-7-14-11-13(6-3)16-9-10-17-15(8-5-2)12-18(14)19(16)17/h5,13-18H,2,4,6-12H2,1,3H3. The van der Waals surface area contributed by atoms with E-state index in [2.05, 4.69) is 31.4 Å². The van der Waals surface area contributed by atoms with Gasteiger partial charge in [-0.2, -0.15) is 0 Å². The van der Waals surface area contributed by atoms with Crippen LogP contribution in [0.1, 0.15) is 65.2 Å². The van der Waals surface area contributed by atoms with E-state index in [0.717, 1.165) is 35.9 Å². The molecule has 0 saturated carbocycles. The zero-order valence-corrected chi connectivity index (χ0v) is 12.9. The molecular weight excluding hydrogens is 230 g/mol. The first-order valence-electron chi connectivity index (χ1n) is 8.68. The fraction of sp³-hybridized carbons (Fsp3) is 0.889. The quantitative estimate of drug-likeness (QED) is 0.652. The first kappa shape index (κ1) is 13.7. The zero-order valence-electron chi connectivity index (χ0n) is 12.9. The number of piperidine rings is 1. The maximum atomic E-state index is 3.99. The Kier molecular flexibility index (Phi) is 4.03. The predicted molar refractivity (Wildman–Crippen MR) is 82.2 cm³/mol. The molecule has 0 radical (unpaired) electrons. The van der Waals surface area contributed by atoms with Crippen molar-refractivity contribution in [2.45, 2.75) is 83.3 Å². The molecule has 3 aliphatic heterocycles. The topological polar surface area (TPSA) is 3.24 Å². The molecule has 6 unspecified atom stereocenters. The summed E-state index contributed by atoms with van der Waals surface area (Å²) in [7, 11) is 0. The number of hydrogen-bond acceptors (Lipinski definition) is 1. The second-order valence-electron chi connectivity index (χ2n) is 7.20. The molecule has 0 N–H and O–H groups in total. The minimum Gasteiger partial charge on any atom is -0.294 e. The third kappa shape index (κ3) is 2.18. The molecule has 19 heavy (non-hydrogen) atoms. The van der Waals surface area contributed by atoms with E-state index >= 15 is 0 Å². The van der Waals surface area contributed by atoms with Crippen LogP contribution in [0.2, 0.25) is 0 Å². The number of rotatable bonds is 5. The molecule has 3 rings (SSSR count). The summed E-state index contributed by atoms with van der Waals surface area (Å²) in [6.07, 6.45) is 13.6. The van der Waals surface area contributed by atoms with Crippen molar-refractivity contribution in [2.75, 3.05) is 0 Å². The largest absolute Gasteiger partial charge is 0.294 e. The molecule has 3 aliphatic rings. The zero-order chi connectivity index (χ0) is 13.4. The summed E-state index contributed by atoms with van der Waals surface area (Å²) in [4.78, 5) is 3.01. The SMILES string of the molecule is C=CCC1CC2C(CCC)CC(CC)C3CCC1N32. The van der Waals surface area contributed by atoms with Crippen molar-refractivity contribution < 1.29 is 0 Å².